The van der Waals surface area contributed by atoms with Crippen LogP contribution in [-0.4, -0.2) is 43.1 Å². The van der Waals surface area contributed by atoms with Crippen molar-refractivity contribution in [3.05, 3.63) is 35.4 Å². The van der Waals surface area contributed by atoms with Gasteiger partial charge in [0, 0.05) is 6.54 Å². The molecule has 1 aromatic rings. The van der Waals surface area contributed by atoms with E-state index in [2.05, 4.69) is 43.0 Å². The van der Waals surface area contributed by atoms with E-state index in [1.165, 1.54) is 56.1 Å². The molecule has 0 fully saturated rings. The molecule has 0 bridgehead atoms. The van der Waals surface area contributed by atoms with Crippen LogP contribution in [0.5, 0.6) is 0 Å². The second-order valence-corrected chi connectivity index (χ2v) is 9.63. The minimum absolute atomic E-state index is 0.225. The van der Waals surface area contributed by atoms with Crippen molar-refractivity contribution in [2.75, 3.05) is 33.4 Å². The molecule has 30 heavy (non-hydrogen) atoms. The number of benzene rings is 1. The lowest BCUT2D eigenvalue weighted by molar-refractivity contribution is 0.143. The SMILES string of the molecule is CCCCCCCCCc1ccc(CCCOP(=O)(O)OCCCN(C)CC)cc1. The summed E-state index contributed by atoms with van der Waals surface area (Å²) in [5, 5.41) is 0. The van der Waals surface area contributed by atoms with Crippen LogP contribution in [-0.2, 0) is 26.5 Å². The predicted molar refractivity (Wildman–Crippen MR) is 126 cm³/mol. The van der Waals surface area contributed by atoms with E-state index in [9.17, 15) is 9.46 Å². The molecule has 1 N–H and O–H groups in total. The minimum Gasteiger partial charge on any atom is -0.307 e. The first-order valence-corrected chi connectivity index (χ1v) is 13.3. The van der Waals surface area contributed by atoms with Crippen LogP contribution in [0.3, 0.4) is 0 Å². The maximum Gasteiger partial charge on any atom is 0.472 e. The van der Waals surface area contributed by atoms with E-state index in [0.717, 1.165) is 25.9 Å². The van der Waals surface area contributed by atoms with Crippen LogP contribution in [0.25, 0.3) is 0 Å². The van der Waals surface area contributed by atoms with E-state index in [-0.39, 0.29) is 13.2 Å². The van der Waals surface area contributed by atoms with Crippen molar-refractivity contribution < 1.29 is 18.5 Å². The van der Waals surface area contributed by atoms with E-state index in [1.54, 1.807) is 0 Å². The van der Waals surface area contributed by atoms with Crippen molar-refractivity contribution in [2.24, 2.45) is 0 Å². The lowest BCUT2D eigenvalue weighted by Crippen LogP contribution is -2.19. The van der Waals surface area contributed by atoms with Crippen LogP contribution in [0.1, 0.15) is 82.8 Å². The summed E-state index contributed by atoms with van der Waals surface area (Å²) in [6, 6.07) is 8.74. The summed E-state index contributed by atoms with van der Waals surface area (Å²) in [7, 11) is -1.92. The molecule has 0 amide bonds. The number of unbranched alkanes of at least 4 members (excludes halogenated alkanes) is 6. The van der Waals surface area contributed by atoms with Crippen molar-refractivity contribution >= 4 is 7.82 Å². The molecule has 0 heterocycles. The number of nitrogens with zero attached hydrogens (tertiary/aromatic N) is 1. The largest absolute Gasteiger partial charge is 0.472 e. The summed E-state index contributed by atoms with van der Waals surface area (Å²) in [5.41, 5.74) is 2.63. The quantitative estimate of drug-likeness (QED) is 0.199. The smallest absolute Gasteiger partial charge is 0.307 e. The van der Waals surface area contributed by atoms with Crippen LogP contribution in [0.2, 0.25) is 0 Å². The van der Waals surface area contributed by atoms with Gasteiger partial charge in [-0.3, -0.25) is 9.05 Å². The average Bonchev–Trinajstić information content (AvgIpc) is 2.74. The molecule has 1 atom stereocenters. The molecule has 0 radical (unpaired) electrons. The van der Waals surface area contributed by atoms with Gasteiger partial charge in [0.05, 0.1) is 13.2 Å². The molecule has 5 nitrogen and oxygen atoms in total. The standard InChI is InChI=1S/C24H44NO4P/c1-4-6-7-8-9-10-11-14-23-16-18-24(19-17-23)15-12-21-28-30(26,27)29-22-13-20-25(3)5-2/h16-19H,4-15,20-22H2,1-3H3,(H,26,27). The molecule has 1 unspecified atom stereocenters. The average molecular weight is 442 g/mol. The Bertz CT molecular complexity index is 579. The molecular weight excluding hydrogens is 397 g/mol. The molecule has 0 spiro atoms. The molecule has 6 heteroatoms. The maximum absolute atomic E-state index is 11.9. The highest BCUT2D eigenvalue weighted by atomic mass is 31.2. The zero-order valence-corrected chi connectivity index (χ0v) is 20.4. The van der Waals surface area contributed by atoms with Gasteiger partial charge in [-0.25, -0.2) is 4.57 Å². The molecule has 1 aromatic carbocycles. The summed E-state index contributed by atoms with van der Waals surface area (Å²) >= 11 is 0. The fourth-order valence-corrected chi connectivity index (χ4v) is 4.12. The second-order valence-electron chi connectivity index (χ2n) is 8.18. The van der Waals surface area contributed by atoms with Gasteiger partial charge in [0.1, 0.15) is 0 Å². The van der Waals surface area contributed by atoms with Gasteiger partial charge in [-0.2, -0.15) is 0 Å². The van der Waals surface area contributed by atoms with Crippen LogP contribution in [0.4, 0.5) is 0 Å². The molecule has 174 valence electrons. The van der Waals surface area contributed by atoms with E-state index in [4.69, 9.17) is 9.05 Å². The molecule has 0 aliphatic rings. The van der Waals surface area contributed by atoms with Crippen molar-refractivity contribution in [1.29, 1.82) is 0 Å². The van der Waals surface area contributed by atoms with E-state index < -0.39 is 7.82 Å². The number of rotatable bonds is 19. The first-order chi connectivity index (χ1) is 14.5. The zero-order chi connectivity index (χ0) is 22.1. The summed E-state index contributed by atoms with van der Waals surface area (Å²) in [6.07, 6.45) is 12.8. The fraction of sp³-hybridized carbons (Fsp3) is 0.750. The third-order valence-corrected chi connectivity index (χ3v) is 6.45. The highest BCUT2D eigenvalue weighted by Crippen LogP contribution is 2.43. The normalized spacial score (nSPS) is 13.6. The molecule has 0 aliphatic heterocycles. The van der Waals surface area contributed by atoms with Gasteiger partial charge in [0.15, 0.2) is 0 Å². The molecular formula is C24H44NO4P. The molecule has 1 rings (SSSR count). The van der Waals surface area contributed by atoms with Gasteiger partial charge in [0.25, 0.3) is 0 Å². The second kappa shape index (κ2) is 16.9. The number of hydrogen-bond donors (Lipinski definition) is 1. The number of phosphoric ester groups is 1. The highest BCUT2D eigenvalue weighted by molar-refractivity contribution is 7.47. The first-order valence-electron chi connectivity index (χ1n) is 11.8. The van der Waals surface area contributed by atoms with Gasteiger partial charge in [-0.05, 0) is 56.8 Å². The summed E-state index contributed by atoms with van der Waals surface area (Å²) in [6.45, 7) is 6.58. The number of hydrogen-bond acceptors (Lipinski definition) is 4. The third kappa shape index (κ3) is 14.3. The van der Waals surface area contributed by atoms with E-state index in [0.29, 0.717) is 12.8 Å². The molecule has 0 saturated heterocycles. The predicted octanol–water partition coefficient (Wildman–Crippen LogP) is 6.39. The first kappa shape index (κ1) is 27.3. The Morgan fingerprint density at radius 3 is 1.87 bits per heavy atom. The monoisotopic (exact) mass is 441 g/mol. The topological polar surface area (TPSA) is 59.0 Å². The lowest BCUT2D eigenvalue weighted by Gasteiger charge is -2.15. The van der Waals surface area contributed by atoms with Gasteiger partial charge in [-0.15, -0.1) is 0 Å². The molecule has 0 aromatic heterocycles. The van der Waals surface area contributed by atoms with Gasteiger partial charge >= 0.3 is 7.82 Å². The zero-order valence-electron chi connectivity index (χ0n) is 19.5. The number of aryl methyl sites for hydroxylation is 2. The Kier molecular flexibility index (Phi) is 15.4. The Morgan fingerprint density at radius 2 is 1.30 bits per heavy atom. The minimum atomic E-state index is -3.93. The fourth-order valence-electron chi connectivity index (χ4n) is 3.32. The molecule has 0 aliphatic carbocycles. The van der Waals surface area contributed by atoms with E-state index in [1.807, 2.05) is 7.05 Å². The molecule has 0 saturated carbocycles. The maximum atomic E-state index is 11.9. The van der Waals surface area contributed by atoms with Crippen LogP contribution in [0.15, 0.2) is 24.3 Å². The lowest BCUT2D eigenvalue weighted by atomic mass is 10.0. The Labute approximate surface area is 184 Å². The van der Waals surface area contributed by atoms with Gasteiger partial charge in [-0.1, -0.05) is 76.6 Å². The van der Waals surface area contributed by atoms with Gasteiger partial charge < -0.3 is 9.79 Å². The van der Waals surface area contributed by atoms with Crippen molar-refractivity contribution in [3.8, 4) is 0 Å². The van der Waals surface area contributed by atoms with Crippen LogP contribution in [0, 0.1) is 0 Å². The Balaban J connectivity index is 2.12. The van der Waals surface area contributed by atoms with Crippen LogP contribution < -0.4 is 0 Å². The van der Waals surface area contributed by atoms with Crippen LogP contribution >= 0.6 is 7.82 Å². The Morgan fingerprint density at radius 1 is 0.800 bits per heavy atom. The van der Waals surface area contributed by atoms with E-state index >= 15 is 0 Å². The summed E-state index contributed by atoms with van der Waals surface area (Å²) < 4.78 is 22.0. The highest BCUT2D eigenvalue weighted by Gasteiger charge is 2.20. The van der Waals surface area contributed by atoms with Crippen molar-refractivity contribution in [1.82, 2.24) is 4.90 Å². The summed E-state index contributed by atoms with van der Waals surface area (Å²) in [5.74, 6) is 0. The summed E-state index contributed by atoms with van der Waals surface area (Å²) in [4.78, 5) is 11.9. The Hall–Kier alpha value is -0.710. The third-order valence-electron chi connectivity index (χ3n) is 5.43. The van der Waals surface area contributed by atoms with Gasteiger partial charge in [0.2, 0.25) is 0 Å². The van der Waals surface area contributed by atoms with Crippen molar-refractivity contribution in [2.45, 2.75) is 84.5 Å². The van der Waals surface area contributed by atoms with Crippen molar-refractivity contribution in [3.63, 3.8) is 0 Å². The number of phosphoric acid groups is 1.